The van der Waals surface area contributed by atoms with Crippen LogP contribution in [0.25, 0.3) is 0 Å². The lowest BCUT2D eigenvalue weighted by atomic mass is 10.4. The van der Waals surface area contributed by atoms with Crippen LogP contribution in [0.15, 0.2) is 37.1 Å². The molecule has 0 aliphatic carbocycles. The predicted molar refractivity (Wildman–Crippen MR) is 42.2 cm³/mol. The molecule has 1 N–H and O–H groups in total. The largest absolute Gasteiger partial charge is 0.386 e. The van der Waals surface area contributed by atoms with Crippen molar-refractivity contribution in [2.45, 2.75) is 6.92 Å². The second kappa shape index (κ2) is 5.16. The van der Waals surface area contributed by atoms with E-state index in [1.807, 2.05) is 19.1 Å². The van der Waals surface area contributed by atoms with Crippen molar-refractivity contribution < 1.29 is 0 Å². The molecule has 0 aliphatic rings. The quantitative estimate of drug-likeness (QED) is 0.562. The number of likely N-dealkylation sites (N-methyl/N-ethyl adjacent to an activating group) is 1. The van der Waals surface area contributed by atoms with E-state index in [2.05, 4.69) is 18.5 Å². The molecule has 0 aromatic rings. The zero-order chi connectivity index (χ0) is 7.11. The molecular weight excluding hydrogens is 110 g/mol. The van der Waals surface area contributed by atoms with Crippen LogP contribution in [0.5, 0.6) is 0 Å². The van der Waals surface area contributed by atoms with Crippen molar-refractivity contribution in [3.8, 4) is 0 Å². The standard InChI is InChI=1S/C8H13N/c1-4-6-7-8(3)9-5-2/h4,6-7,9H,1,3,5H2,2H3/b7-6-. The summed E-state index contributed by atoms with van der Waals surface area (Å²) in [5.41, 5.74) is 0.928. The first kappa shape index (κ1) is 8.02. The molecule has 50 valence electrons. The molecule has 0 amide bonds. The fourth-order valence-corrected chi connectivity index (χ4v) is 0.470. The molecule has 0 saturated carbocycles. The Bertz CT molecular complexity index is 123. The van der Waals surface area contributed by atoms with Crippen LogP contribution in [-0.2, 0) is 0 Å². The van der Waals surface area contributed by atoms with Crippen LogP contribution >= 0.6 is 0 Å². The Morgan fingerprint density at radius 3 is 2.78 bits per heavy atom. The number of allylic oxidation sites excluding steroid dienone is 3. The fourth-order valence-electron chi connectivity index (χ4n) is 0.470. The second-order valence-electron chi connectivity index (χ2n) is 1.65. The maximum absolute atomic E-state index is 3.74. The lowest BCUT2D eigenvalue weighted by Crippen LogP contribution is -2.08. The molecule has 0 radical (unpaired) electrons. The summed E-state index contributed by atoms with van der Waals surface area (Å²) >= 11 is 0. The van der Waals surface area contributed by atoms with Gasteiger partial charge in [0.2, 0.25) is 0 Å². The second-order valence-corrected chi connectivity index (χ2v) is 1.65. The minimum absolute atomic E-state index is 0.917. The van der Waals surface area contributed by atoms with Gasteiger partial charge in [-0.1, -0.05) is 25.3 Å². The van der Waals surface area contributed by atoms with E-state index in [1.165, 1.54) is 0 Å². The third kappa shape index (κ3) is 4.88. The molecule has 0 heterocycles. The molecular formula is C8H13N. The number of hydrogen-bond acceptors (Lipinski definition) is 1. The van der Waals surface area contributed by atoms with Gasteiger partial charge >= 0.3 is 0 Å². The topological polar surface area (TPSA) is 12.0 Å². The van der Waals surface area contributed by atoms with Gasteiger partial charge in [0.1, 0.15) is 0 Å². The molecule has 0 saturated heterocycles. The molecule has 1 nitrogen and oxygen atoms in total. The summed E-state index contributed by atoms with van der Waals surface area (Å²) in [7, 11) is 0. The van der Waals surface area contributed by atoms with Gasteiger partial charge in [-0.3, -0.25) is 0 Å². The Morgan fingerprint density at radius 1 is 1.67 bits per heavy atom. The third-order valence-corrected chi connectivity index (χ3v) is 0.837. The van der Waals surface area contributed by atoms with E-state index in [4.69, 9.17) is 0 Å². The van der Waals surface area contributed by atoms with Gasteiger partial charge in [-0.15, -0.1) is 0 Å². The van der Waals surface area contributed by atoms with Gasteiger partial charge in [0.05, 0.1) is 0 Å². The summed E-state index contributed by atoms with van der Waals surface area (Å²) in [5, 5.41) is 3.05. The number of hydrogen-bond donors (Lipinski definition) is 1. The SMILES string of the molecule is C=C/C=C\C(=C)NCC. The maximum atomic E-state index is 3.74. The zero-order valence-electron chi connectivity index (χ0n) is 5.85. The molecule has 0 atom stereocenters. The highest BCUT2D eigenvalue weighted by atomic mass is 14.8. The van der Waals surface area contributed by atoms with Crippen LogP contribution in [0.2, 0.25) is 0 Å². The molecule has 0 spiro atoms. The van der Waals surface area contributed by atoms with Crippen molar-refractivity contribution in [1.29, 1.82) is 0 Å². The molecule has 9 heavy (non-hydrogen) atoms. The molecule has 0 unspecified atom stereocenters. The van der Waals surface area contributed by atoms with Crippen LogP contribution in [0, 0.1) is 0 Å². The Morgan fingerprint density at radius 2 is 2.33 bits per heavy atom. The van der Waals surface area contributed by atoms with Crippen molar-refractivity contribution in [3.63, 3.8) is 0 Å². The molecule has 0 aromatic heterocycles. The van der Waals surface area contributed by atoms with Crippen LogP contribution < -0.4 is 5.32 Å². The highest BCUT2D eigenvalue weighted by Crippen LogP contribution is 1.85. The smallest absolute Gasteiger partial charge is 0.0266 e. The van der Waals surface area contributed by atoms with E-state index in [0.717, 1.165) is 12.2 Å². The molecule has 0 aromatic carbocycles. The first-order chi connectivity index (χ1) is 4.31. The first-order valence-corrected chi connectivity index (χ1v) is 3.03. The van der Waals surface area contributed by atoms with Crippen molar-refractivity contribution >= 4 is 0 Å². The monoisotopic (exact) mass is 123 g/mol. The molecule has 0 bridgehead atoms. The van der Waals surface area contributed by atoms with Gasteiger partial charge in [0.15, 0.2) is 0 Å². The zero-order valence-corrected chi connectivity index (χ0v) is 5.85. The van der Waals surface area contributed by atoms with E-state index in [0.29, 0.717) is 0 Å². The summed E-state index contributed by atoms with van der Waals surface area (Å²) in [5.74, 6) is 0. The highest BCUT2D eigenvalue weighted by molar-refractivity contribution is 5.15. The van der Waals surface area contributed by atoms with E-state index < -0.39 is 0 Å². The van der Waals surface area contributed by atoms with E-state index in [-0.39, 0.29) is 0 Å². The number of nitrogens with one attached hydrogen (secondary N) is 1. The van der Waals surface area contributed by atoms with Gasteiger partial charge in [-0.2, -0.15) is 0 Å². The summed E-state index contributed by atoms with van der Waals surface area (Å²) in [6.45, 7) is 10.2. The van der Waals surface area contributed by atoms with Crippen molar-refractivity contribution in [2.75, 3.05) is 6.54 Å². The van der Waals surface area contributed by atoms with Crippen LogP contribution in [-0.4, -0.2) is 6.54 Å². The number of rotatable bonds is 4. The van der Waals surface area contributed by atoms with Crippen LogP contribution in [0.4, 0.5) is 0 Å². The summed E-state index contributed by atoms with van der Waals surface area (Å²) < 4.78 is 0. The molecule has 0 aliphatic heterocycles. The molecule has 1 heteroatoms. The van der Waals surface area contributed by atoms with Crippen molar-refractivity contribution in [2.24, 2.45) is 0 Å². The lowest BCUT2D eigenvalue weighted by molar-refractivity contribution is 0.883. The molecule has 0 fully saturated rings. The first-order valence-electron chi connectivity index (χ1n) is 3.03. The Balaban J connectivity index is 3.49. The van der Waals surface area contributed by atoms with E-state index in [1.54, 1.807) is 6.08 Å². The van der Waals surface area contributed by atoms with Crippen molar-refractivity contribution in [1.82, 2.24) is 5.32 Å². The average Bonchev–Trinajstić information content (AvgIpc) is 1.85. The minimum atomic E-state index is 0.917. The molecule has 0 rings (SSSR count). The van der Waals surface area contributed by atoms with Gasteiger partial charge in [-0.05, 0) is 13.0 Å². The predicted octanol–water partition coefficient (Wildman–Crippen LogP) is 1.85. The van der Waals surface area contributed by atoms with Crippen LogP contribution in [0.1, 0.15) is 6.92 Å². The van der Waals surface area contributed by atoms with Gasteiger partial charge < -0.3 is 5.32 Å². The Labute approximate surface area is 56.8 Å². The van der Waals surface area contributed by atoms with Gasteiger partial charge in [0, 0.05) is 12.2 Å². The van der Waals surface area contributed by atoms with E-state index in [9.17, 15) is 0 Å². The summed E-state index contributed by atoms with van der Waals surface area (Å²) in [6, 6.07) is 0. The van der Waals surface area contributed by atoms with Gasteiger partial charge in [-0.25, -0.2) is 0 Å². The van der Waals surface area contributed by atoms with Crippen molar-refractivity contribution in [3.05, 3.63) is 37.1 Å². The normalized spacial score (nSPS) is 9.44. The summed E-state index contributed by atoms with van der Waals surface area (Å²) in [4.78, 5) is 0. The third-order valence-electron chi connectivity index (χ3n) is 0.837. The van der Waals surface area contributed by atoms with Gasteiger partial charge in [0.25, 0.3) is 0 Å². The lowest BCUT2D eigenvalue weighted by Gasteiger charge is -1.98. The van der Waals surface area contributed by atoms with E-state index >= 15 is 0 Å². The Hall–Kier alpha value is -0.980. The van der Waals surface area contributed by atoms with Crippen LogP contribution in [0.3, 0.4) is 0 Å². The fraction of sp³-hybridized carbons (Fsp3) is 0.250. The highest BCUT2D eigenvalue weighted by Gasteiger charge is 1.77. The minimum Gasteiger partial charge on any atom is -0.386 e. The Kier molecular flexibility index (Phi) is 4.60. The summed E-state index contributed by atoms with van der Waals surface area (Å²) in [6.07, 6.45) is 5.46. The maximum Gasteiger partial charge on any atom is 0.0266 e. The average molecular weight is 123 g/mol.